The summed E-state index contributed by atoms with van der Waals surface area (Å²) in [6.07, 6.45) is 1.69. The Hall–Kier alpha value is -4.91. The Bertz CT molecular complexity index is 1710. The highest BCUT2D eigenvalue weighted by Gasteiger charge is 2.44. The fourth-order valence-corrected chi connectivity index (χ4v) is 4.78. The number of nitrogens with zero attached hydrogens (tertiary/aromatic N) is 2. The summed E-state index contributed by atoms with van der Waals surface area (Å²) >= 11 is 0. The van der Waals surface area contributed by atoms with Gasteiger partial charge in [0, 0.05) is 6.20 Å². The summed E-state index contributed by atoms with van der Waals surface area (Å²) in [5.74, 6) is 1.05. The number of hydrogen-bond acceptors (Lipinski definition) is 6. The van der Waals surface area contributed by atoms with Crippen LogP contribution in [-0.4, -0.2) is 18.0 Å². The second-order valence-corrected chi connectivity index (χ2v) is 9.13. The largest absolute Gasteiger partial charge is 0.493 e. The molecule has 0 radical (unpaired) electrons. The summed E-state index contributed by atoms with van der Waals surface area (Å²) in [4.78, 5) is 33.5. The summed E-state index contributed by atoms with van der Waals surface area (Å²) in [6, 6.07) is 25.1. The van der Waals surface area contributed by atoms with Gasteiger partial charge >= 0.3 is 0 Å². The molecule has 0 spiro atoms. The van der Waals surface area contributed by atoms with Gasteiger partial charge in [-0.2, -0.15) is 0 Å². The van der Waals surface area contributed by atoms with Crippen molar-refractivity contribution in [2.24, 2.45) is 0 Å². The van der Waals surface area contributed by atoms with E-state index in [9.17, 15) is 9.59 Å². The topological polar surface area (TPSA) is 81.9 Å². The van der Waals surface area contributed by atoms with Crippen LogP contribution in [0, 0.1) is 6.92 Å². The van der Waals surface area contributed by atoms with Crippen molar-refractivity contribution < 1.29 is 18.7 Å². The highest BCUT2D eigenvalue weighted by molar-refractivity contribution is 6.10. The van der Waals surface area contributed by atoms with Crippen LogP contribution in [0.4, 0.5) is 5.82 Å². The van der Waals surface area contributed by atoms with Gasteiger partial charge in [0.15, 0.2) is 16.9 Å². The van der Waals surface area contributed by atoms with Crippen molar-refractivity contribution >= 4 is 22.7 Å². The van der Waals surface area contributed by atoms with Gasteiger partial charge in [-0.3, -0.25) is 14.5 Å². The molecule has 0 unspecified atom stereocenters. The third-order valence-electron chi connectivity index (χ3n) is 6.66. The number of methoxy groups -OCH3 is 1. The molecule has 2 aromatic heterocycles. The lowest BCUT2D eigenvalue weighted by Gasteiger charge is -2.25. The number of amides is 1. The molecule has 3 aromatic carbocycles. The molecule has 188 valence electrons. The van der Waals surface area contributed by atoms with Crippen molar-refractivity contribution in [3.8, 4) is 11.5 Å². The number of fused-ring (bicyclic) bond motifs is 2. The van der Waals surface area contributed by atoms with E-state index in [2.05, 4.69) is 4.98 Å². The molecular weight excluding hydrogens is 480 g/mol. The van der Waals surface area contributed by atoms with Crippen molar-refractivity contribution in [1.29, 1.82) is 0 Å². The van der Waals surface area contributed by atoms with E-state index in [1.807, 2.05) is 49.4 Å². The highest BCUT2D eigenvalue weighted by Crippen LogP contribution is 2.42. The first-order chi connectivity index (χ1) is 18.5. The van der Waals surface area contributed by atoms with Gasteiger partial charge < -0.3 is 13.9 Å². The number of hydrogen-bond donors (Lipinski definition) is 0. The summed E-state index contributed by atoms with van der Waals surface area (Å²) in [5.41, 5.74) is 3.04. The first kappa shape index (κ1) is 23.5. The minimum Gasteiger partial charge on any atom is -0.493 e. The van der Waals surface area contributed by atoms with E-state index in [-0.39, 0.29) is 16.8 Å². The number of benzene rings is 3. The molecule has 1 atom stereocenters. The van der Waals surface area contributed by atoms with Gasteiger partial charge in [-0.1, -0.05) is 54.6 Å². The van der Waals surface area contributed by atoms with Crippen molar-refractivity contribution in [3.05, 3.63) is 129 Å². The minimum atomic E-state index is -0.759. The number of pyridine rings is 1. The zero-order chi connectivity index (χ0) is 26.2. The molecule has 0 saturated carbocycles. The molecule has 38 heavy (non-hydrogen) atoms. The lowest BCUT2D eigenvalue weighted by atomic mass is 9.98. The second-order valence-electron chi connectivity index (χ2n) is 9.13. The van der Waals surface area contributed by atoms with E-state index in [0.717, 1.165) is 11.1 Å². The van der Waals surface area contributed by atoms with Crippen LogP contribution in [0.15, 0.2) is 100 Å². The Kier molecular flexibility index (Phi) is 5.88. The molecule has 3 heterocycles. The van der Waals surface area contributed by atoms with Crippen LogP contribution in [0.25, 0.3) is 11.0 Å². The molecule has 1 aliphatic heterocycles. The van der Waals surface area contributed by atoms with Crippen LogP contribution in [0.2, 0.25) is 0 Å². The number of anilines is 1. The fraction of sp³-hybridized carbons (Fsp3) is 0.129. The van der Waals surface area contributed by atoms with E-state index < -0.39 is 11.9 Å². The lowest BCUT2D eigenvalue weighted by molar-refractivity contribution is 0.0970. The summed E-state index contributed by atoms with van der Waals surface area (Å²) in [7, 11) is 1.56. The molecule has 0 bridgehead atoms. The Morgan fingerprint density at radius 1 is 0.921 bits per heavy atom. The molecule has 0 fully saturated rings. The molecular formula is C31H24N2O5. The molecule has 1 amide bonds. The van der Waals surface area contributed by atoms with Crippen molar-refractivity contribution in [2.75, 3.05) is 12.0 Å². The maximum absolute atomic E-state index is 13.7. The van der Waals surface area contributed by atoms with Gasteiger partial charge in [-0.05, 0) is 53.9 Å². The van der Waals surface area contributed by atoms with E-state index in [4.69, 9.17) is 13.9 Å². The number of ether oxygens (including phenoxy) is 2. The zero-order valence-electron chi connectivity index (χ0n) is 20.9. The van der Waals surface area contributed by atoms with Crippen molar-refractivity contribution in [1.82, 2.24) is 4.98 Å². The van der Waals surface area contributed by atoms with Crippen LogP contribution in [0.3, 0.4) is 0 Å². The number of aromatic nitrogens is 1. The van der Waals surface area contributed by atoms with Crippen LogP contribution in [-0.2, 0) is 6.61 Å². The summed E-state index contributed by atoms with van der Waals surface area (Å²) < 4.78 is 17.7. The molecule has 7 heteroatoms. The lowest BCUT2D eigenvalue weighted by Crippen LogP contribution is -2.30. The van der Waals surface area contributed by atoms with E-state index in [1.54, 1.807) is 55.8 Å². The van der Waals surface area contributed by atoms with Gasteiger partial charge in [0.25, 0.3) is 5.91 Å². The quantitative estimate of drug-likeness (QED) is 0.289. The Morgan fingerprint density at radius 2 is 1.71 bits per heavy atom. The molecule has 6 rings (SSSR count). The number of para-hydroxylation sites is 1. The molecule has 5 aromatic rings. The van der Waals surface area contributed by atoms with Crippen LogP contribution < -0.4 is 19.8 Å². The third-order valence-corrected chi connectivity index (χ3v) is 6.66. The maximum atomic E-state index is 13.7. The van der Waals surface area contributed by atoms with Gasteiger partial charge in [-0.25, -0.2) is 4.98 Å². The number of carbonyl (C=O) groups is 1. The monoisotopic (exact) mass is 504 g/mol. The van der Waals surface area contributed by atoms with Gasteiger partial charge in [0.05, 0.1) is 24.1 Å². The Labute approximate surface area is 218 Å². The van der Waals surface area contributed by atoms with E-state index in [1.165, 1.54) is 4.90 Å². The normalized spacial score (nSPS) is 14.5. The predicted octanol–water partition coefficient (Wildman–Crippen LogP) is 5.83. The highest BCUT2D eigenvalue weighted by atomic mass is 16.5. The molecule has 7 nitrogen and oxygen atoms in total. The standard InChI is InChI=1S/C31H24N2O5/c1-19-12-15-26(32-17-19)33-28(27-29(34)22-10-6-7-11-23(22)38-30(27)31(33)35)21-13-14-24(25(16-21)36-2)37-18-20-8-4-3-5-9-20/h3-17,28H,18H2,1-2H3/t28-/m0/s1. The second kappa shape index (κ2) is 9.52. The molecule has 1 aliphatic rings. The van der Waals surface area contributed by atoms with Crippen LogP contribution in [0.5, 0.6) is 11.5 Å². The van der Waals surface area contributed by atoms with Crippen molar-refractivity contribution in [2.45, 2.75) is 19.6 Å². The maximum Gasteiger partial charge on any atom is 0.296 e. The Morgan fingerprint density at radius 3 is 2.47 bits per heavy atom. The van der Waals surface area contributed by atoms with Crippen molar-refractivity contribution in [3.63, 3.8) is 0 Å². The first-order valence-corrected chi connectivity index (χ1v) is 12.2. The predicted molar refractivity (Wildman–Crippen MR) is 144 cm³/mol. The average molecular weight is 505 g/mol. The number of aryl methyl sites for hydroxylation is 1. The van der Waals surface area contributed by atoms with Crippen LogP contribution >= 0.6 is 0 Å². The first-order valence-electron chi connectivity index (χ1n) is 12.2. The smallest absolute Gasteiger partial charge is 0.296 e. The van der Waals surface area contributed by atoms with Gasteiger partial charge in [-0.15, -0.1) is 0 Å². The zero-order valence-corrected chi connectivity index (χ0v) is 20.9. The Balaban J connectivity index is 1.48. The average Bonchev–Trinajstić information content (AvgIpc) is 3.25. The minimum absolute atomic E-state index is 0.0180. The number of rotatable bonds is 6. The SMILES string of the molecule is COc1cc([C@H]2c3c(oc4ccccc4c3=O)C(=O)N2c2ccc(C)cn2)ccc1OCc1ccccc1. The van der Waals surface area contributed by atoms with E-state index >= 15 is 0 Å². The number of carbonyl (C=O) groups excluding carboxylic acids is 1. The fourth-order valence-electron chi connectivity index (χ4n) is 4.78. The summed E-state index contributed by atoms with van der Waals surface area (Å²) in [6.45, 7) is 2.29. The third kappa shape index (κ3) is 3.98. The molecule has 0 aliphatic carbocycles. The van der Waals surface area contributed by atoms with Gasteiger partial charge in [0.1, 0.15) is 18.0 Å². The molecule has 0 saturated heterocycles. The van der Waals surface area contributed by atoms with Gasteiger partial charge in [0.2, 0.25) is 5.76 Å². The van der Waals surface area contributed by atoms with E-state index in [0.29, 0.717) is 40.5 Å². The van der Waals surface area contributed by atoms with Crippen LogP contribution in [0.1, 0.15) is 38.9 Å². The summed E-state index contributed by atoms with van der Waals surface area (Å²) in [5, 5.41) is 0.414. The molecule has 0 N–H and O–H groups in total.